The van der Waals surface area contributed by atoms with Crippen LogP contribution in [0.4, 0.5) is 0 Å². The molecule has 0 bridgehead atoms. The largest absolute Gasteiger partial charge is 0.477 e. The van der Waals surface area contributed by atoms with E-state index >= 15 is 0 Å². The Balaban J connectivity index is 2.26. The SMILES string of the molecule is COc1nc2cc(Cl)c(Cl)c(C#Cc3ccccc3)c2nc1OC. The van der Waals surface area contributed by atoms with Crippen molar-refractivity contribution in [1.82, 2.24) is 9.97 Å². The van der Waals surface area contributed by atoms with E-state index in [2.05, 4.69) is 21.8 Å². The molecule has 0 saturated carbocycles. The van der Waals surface area contributed by atoms with Gasteiger partial charge in [0.15, 0.2) is 0 Å². The first-order valence-corrected chi connectivity index (χ1v) is 7.74. The predicted octanol–water partition coefficient (Wildman–Crippen LogP) is 4.35. The maximum atomic E-state index is 6.33. The Bertz CT molecular complexity index is 964. The fourth-order valence-electron chi connectivity index (χ4n) is 2.14. The molecule has 1 heterocycles. The van der Waals surface area contributed by atoms with E-state index in [0.717, 1.165) is 5.56 Å². The Morgan fingerprint density at radius 3 is 2.25 bits per heavy atom. The number of fused-ring (bicyclic) bond motifs is 1. The molecule has 4 nitrogen and oxygen atoms in total. The predicted molar refractivity (Wildman–Crippen MR) is 95.1 cm³/mol. The van der Waals surface area contributed by atoms with Crippen LogP contribution in [0.5, 0.6) is 11.8 Å². The van der Waals surface area contributed by atoms with Gasteiger partial charge in [-0.1, -0.05) is 53.2 Å². The maximum absolute atomic E-state index is 6.33. The number of hydrogen-bond acceptors (Lipinski definition) is 4. The molecule has 1 aromatic heterocycles. The highest BCUT2D eigenvalue weighted by Crippen LogP contribution is 2.34. The second kappa shape index (κ2) is 6.96. The topological polar surface area (TPSA) is 44.2 Å². The van der Waals surface area contributed by atoms with Crippen molar-refractivity contribution in [1.29, 1.82) is 0 Å². The van der Waals surface area contributed by atoms with E-state index in [1.807, 2.05) is 30.3 Å². The zero-order valence-corrected chi connectivity index (χ0v) is 14.4. The van der Waals surface area contributed by atoms with Crippen molar-refractivity contribution < 1.29 is 9.47 Å². The number of nitrogens with zero attached hydrogens (tertiary/aromatic N) is 2. The summed E-state index contributed by atoms with van der Waals surface area (Å²) in [6, 6.07) is 11.2. The Kier molecular flexibility index (Phi) is 4.75. The van der Waals surface area contributed by atoms with Gasteiger partial charge in [-0.25, -0.2) is 9.97 Å². The summed E-state index contributed by atoms with van der Waals surface area (Å²) in [7, 11) is 2.98. The molecule has 0 radical (unpaired) electrons. The van der Waals surface area contributed by atoms with Gasteiger partial charge in [0.1, 0.15) is 5.52 Å². The van der Waals surface area contributed by atoms with Crippen LogP contribution in [0.25, 0.3) is 11.0 Å². The number of hydrogen-bond donors (Lipinski definition) is 0. The van der Waals surface area contributed by atoms with E-state index in [9.17, 15) is 0 Å². The van der Waals surface area contributed by atoms with Crippen molar-refractivity contribution in [3.63, 3.8) is 0 Å². The quantitative estimate of drug-likeness (QED) is 0.638. The molecular weight excluding hydrogens is 347 g/mol. The molecule has 0 aliphatic heterocycles. The lowest BCUT2D eigenvalue weighted by Crippen LogP contribution is -1.99. The van der Waals surface area contributed by atoms with Crippen LogP contribution in [-0.2, 0) is 0 Å². The average molecular weight is 359 g/mol. The van der Waals surface area contributed by atoms with Crippen molar-refractivity contribution >= 4 is 34.2 Å². The van der Waals surface area contributed by atoms with Gasteiger partial charge < -0.3 is 9.47 Å². The molecular formula is C18H12Cl2N2O2. The third-order valence-corrected chi connectivity index (χ3v) is 4.07. The summed E-state index contributed by atoms with van der Waals surface area (Å²) in [6.07, 6.45) is 0. The van der Waals surface area contributed by atoms with Gasteiger partial charge in [0.05, 0.1) is 35.3 Å². The first-order chi connectivity index (χ1) is 11.6. The Morgan fingerprint density at radius 1 is 0.917 bits per heavy atom. The smallest absolute Gasteiger partial charge is 0.278 e. The molecule has 3 aromatic rings. The average Bonchev–Trinajstić information content (AvgIpc) is 2.62. The zero-order valence-electron chi connectivity index (χ0n) is 12.9. The van der Waals surface area contributed by atoms with Gasteiger partial charge >= 0.3 is 0 Å². The van der Waals surface area contributed by atoms with Crippen molar-refractivity contribution in [2.24, 2.45) is 0 Å². The number of halogens is 2. The number of aromatic nitrogens is 2. The Hall–Kier alpha value is -2.48. The van der Waals surface area contributed by atoms with Crippen molar-refractivity contribution in [2.75, 3.05) is 14.2 Å². The summed E-state index contributed by atoms with van der Waals surface area (Å²) in [5.74, 6) is 6.62. The van der Waals surface area contributed by atoms with Crippen LogP contribution in [0.2, 0.25) is 10.0 Å². The standard InChI is InChI=1S/C18H12Cl2N2O2/c1-23-17-18(24-2)22-16-12(9-8-11-6-4-3-5-7-11)15(20)13(19)10-14(16)21-17/h3-7,10H,1-2H3. The third kappa shape index (κ3) is 3.09. The fraction of sp³-hybridized carbons (Fsp3) is 0.111. The van der Waals surface area contributed by atoms with Crippen LogP contribution >= 0.6 is 23.2 Å². The minimum atomic E-state index is 0.256. The highest BCUT2D eigenvalue weighted by atomic mass is 35.5. The molecule has 0 N–H and O–H groups in total. The summed E-state index contributed by atoms with van der Waals surface area (Å²) >= 11 is 12.5. The summed E-state index contributed by atoms with van der Waals surface area (Å²) in [4.78, 5) is 8.78. The molecule has 0 aliphatic rings. The van der Waals surface area contributed by atoms with Gasteiger partial charge in [-0.3, -0.25) is 0 Å². The van der Waals surface area contributed by atoms with Gasteiger partial charge in [0, 0.05) is 5.56 Å². The van der Waals surface area contributed by atoms with E-state index in [1.54, 1.807) is 6.07 Å². The van der Waals surface area contributed by atoms with E-state index in [-0.39, 0.29) is 11.8 Å². The van der Waals surface area contributed by atoms with Crippen molar-refractivity contribution in [3.05, 3.63) is 57.6 Å². The first kappa shape index (κ1) is 16.4. The minimum Gasteiger partial charge on any atom is -0.477 e. The first-order valence-electron chi connectivity index (χ1n) is 6.99. The molecule has 3 rings (SSSR count). The lowest BCUT2D eigenvalue weighted by molar-refractivity contribution is 0.334. The lowest BCUT2D eigenvalue weighted by Gasteiger charge is -2.09. The maximum Gasteiger partial charge on any atom is 0.278 e. The molecule has 2 aromatic carbocycles. The molecule has 0 saturated heterocycles. The van der Waals surface area contributed by atoms with E-state index < -0.39 is 0 Å². The molecule has 0 spiro atoms. The second-order valence-electron chi connectivity index (χ2n) is 4.77. The lowest BCUT2D eigenvalue weighted by atomic mass is 10.1. The van der Waals surface area contributed by atoms with Crippen molar-refractivity contribution in [2.45, 2.75) is 0 Å². The molecule has 0 unspecified atom stereocenters. The number of benzene rings is 2. The molecule has 6 heteroatoms. The van der Waals surface area contributed by atoms with E-state index in [4.69, 9.17) is 32.7 Å². The number of rotatable bonds is 2. The molecule has 0 aliphatic carbocycles. The normalized spacial score (nSPS) is 10.2. The molecule has 0 fully saturated rings. The van der Waals surface area contributed by atoms with Crippen LogP contribution < -0.4 is 9.47 Å². The number of ether oxygens (including phenoxy) is 2. The van der Waals surface area contributed by atoms with Gasteiger partial charge in [0.25, 0.3) is 11.8 Å². The van der Waals surface area contributed by atoms with Crippen LogP contribution in [0.3, 0.4) is 0 Å². The van der Waals surface area contributed by atoms with Gasteiger partial charge in [-0.2, -0.15) is 0 Å². The van der Waals surface area contributed by atoms with Gasteiger partial charge in [-0.05, 0) is 18.2 Å². The van der Waals surface area contributed by atoms with E-state index in [1.165, 1.54) is 14.2 Å². The summed E-state index contributed by atoms with van der Waals surface area (Å²) in [6.45, 7) is 0. The Morgan fingerprint density at radius 2 is 1.58 bits per heavy atom. The fourth-order valence-corrected chi connectivity index (χ4v) is 2.53. The monoisotopic (exact) mass is 358 g/mol. The molecule has 120 valence electrons. The van der Waals surface area contributed by atoms with E-state index in [0.29, 0.717) is 26.6 Å². The second-order valence-corrected chi connectivity index (χ2v) is 5.56. The molecule has 24 heavy (non-hydrogen) atoms. The number of methoxy groups -OCH3 is 2. The van der Waals surface area contributed by atoms with Crippen LogP contribution in [0.1, 0.15) is 11.1 Å². The highest BCUT2D eigenvalue weighted by molar-refractivity contribution is 6.43. The Labute approximate surface area is 149 Å². The minimum absolute atomic E-state index is 0.256. The molecule has 0 amide bonds. The van der Waals surface area contributed by atoms with Crippen molar-refractivity contribution in [3.8, 4) is 23.6 Å². The van der Waals surface area contributed by atoms with Gasteiger partial charge in [0.2, 0.25) is 0 Å². The summed E-state index contributed by atoms with van der Waals surface area (Å²) < 4.78 is 10.4. The summed E-state index contributed by atoms with van der Waals surface area (Å²) in [5, 5.41) is 0.678. The van der Waals surface area contributed by atoms with Gasteiger partial charge in [-0.15, -0.1) is 0 Å². The molecule has 0 atom stereocenters. The van der Waals surface area contributed by atoms with Crippen LogP contribution in [0.15, 0.2) is 36.4 Å². The summed E-state index contributed by atoms with van der Waals surface area (Å²) in [5.41, 5.74) is 2.39. The third-order valence-electron chi connectivity index (χ3n) is 3.28. The van der Waals surface area contributed by atoms with Crippen LogP contribution in [-0.4, -0.2) is 24.2 Å². The zero-order chi connectivity index (χ0) is 17.1. The van der Waals surface area contributed by atoms with Crippen LogP contribution in [0, 0.1) is 11.8 Å². The highest BCUT2D eigenvalue weighted by Gasteiger charge is 2.16.